The second-order valence-corrected chi connectivity index (χ2v) is 7.94. The maximum atomic E-state index is 11.9. The first-order chi connectivity index (χ1) is 10.9. The lowest BCUT2D eigenvalue weighted by Gasteiger charge is -2.28. The minimum absolute atomic E-state index is 0.157. The summed E-state index contributed by atoms with van der Waals surface area (Å²) >= 11 is 0. The first kappa shape index (κ1) is 17.2. The standard InChI is InChI=1S/C18H30O5/c1-4-12(19)7-5-6-8-13-9-10-18(22-13)11-14-15(23-18)17(2,3)16(20)21-14/h12-15,19H,4-11H2,1-3H3/t12-,13-,14+,15-,18-/m1/s1. The Kier molecular flexibility index (Phi) is 4.73. The van der Waals surface area contributed by atoms with Crippen molar-refractivity contribution in [2.45, 2.75) is 102 Å². The van der Waals surface area contributed by atoms with Crippen molar-refractivity contribution in [3.63, 3.8) is 0 Å². The summed E-state index contributed by atoms with van der Waals surface area (Å²) in [6.07, 6.45) is 7.10. The van der Waals surface area contributed by atoms with E-state index in [1.54, 1.807) is 0 Å². The van der Waals surface area contributed by atoms with Gasteiger partial charge in [-0.3, -0.25) is 4.79 Å². The lowest BCUT2D eigenvalue weighted by atomic mass is 9.87. The van der Waals surface area contributed by atoms with E-state index in [-0.39, 0.29) is 30.4 Å². The molecule has 0 radical (unpaired) electrons. The third kappa shape index (κ3) is 3.28. The van der Waals surface area contributed by atoms with Gasteiger partial charge in [-0.15, -0.1) is 0 Å². The average molecular weight is 326 g/mol. The van der Waals surface area contributed by atoms with Gasteiger partial charge in [0.1, 0.15) is 12.2 Å². The highest BCUT2D eigenvalue weighted by atomic mass is 16.7. The summed E-state index contributed by atoms with van der Waals surface area (Å²) in [5, 5.41) is 9.59. The summed E-state index contributed by atoms with van der Waals surface area (Å²) in [7, 11) is 0. The van der Waals surface area contributed by atoms with Gasteiger partial charge in [-0.25, -0.2) is 0 Å². The number of carbonyl (C=O) groups is 1. The Balaban J connectivity index is 1.46. The van der Waals surface area contributed by atoms with Crippen molar-refractivity contribution >= 4 is 5.97 Å². The molecule has 3 aliphatic heterocycles. The summed E-state index contributed by atoms with van der Waals surface area (Å²) in [6.45, 7) is 5.80. The van der Waals surface area contributed by atoms with Gasteiger partial charge >= 0.3 is 5.97 Å². The molecular weight excluding hydrogens is 296 g/mol. The third-order valence-electron chi connectivity index (χ3n) is 5.70. The van der Waals surface area contributed by atoms with Crippen molar-refractivity contribution in [3.05, 3.63) is 0 Å². The molecule has 3 rings (SSSR count). The molecule has 0 aliphatic carbocycles. The van der Waals surface area contributed by atoms with Crippen LogP contribution >= 0.6 is 0 Å². The van der Waals surface area contributed by atoms with E-state index in [4.69, 9.17) is 14.2 Å². The molecule has 0 unspecified atom stereocenters. The van der Waals surface area contributed by atoms with Crippen LogP contribution in [0.3, 0.4) is 0 Å². The molecule has 1 spiro atoms. The van der Waals surface area contributed by atoms with E-state index in [1.165, 1.54) is 0 Å². The maximum Gasteiger partial charge on any atom is 0.314 e. The first-order valence-corrected chi connectivity index (χ1v) is 9.11. The zero-order valence-electron chi connectivity index (χ0n) is 14.5. The van der Waals surface area contributed by atoms with Gasteiger partial charge in [0.05, 0.1) is 17.6 Å². The van der Waals surface area contributed by atoms with Crippen LogP contribution in [0, 0.1) is 5.41 Å². The average Bonchev–Trinajstić information content (AvgIpc) is 3.13. The fourth-order valence-corrected chi connectivity index (χ4v) is 4.09. The molecule has 5 atom stereocenters. The Bertz CT molecular complexity index is 449. The van der Waals surface area contributed by atoms with Gasteiger partial charge in [-0.1, -0.05) is 19.8 Å². The number of unbranched alkanes of at least 4 members (excludes halogenated alkanes) is 1. The van der Waals surface area contributed by atoms with Crippen LogP contribution in [-0.4, -0.2) is 41.3 Å². The predicted molar refractivity (Wildman–Crippen MR) is 84.8 cm³/mol. The number of hydrogen-bond donors (Lipinski definition) is 1. The summed E-state index contributed by atoms with van der Waals surface area (Å²) in [5.74, 6) is -0.702. The van der Waals surface area contributed by atoms with E-state index < -0.39 is 11.2 Å². The number of hydrogen-bond acceptors (Lipinski definition) is 5. The van der Waals surface area contributed by atoms with Gasteiger partial charge in [0.15, 0.2) is 5.79 Å². The van der Waals surface area contributed by atoms with Crippen LogP contribution in [0.15, 0.2) is 0 Å². The van der Waals surface area contributed by atoms with Crippen molar-refractivity contribution < 1.29 is 24.1 Å². The van der Waals surface area contributed by atoms with Gasteiger partial charge in [-0.2, -0.15) is 0 Å². The summed E-state index contributed by atoms with van der Waals surface area (Å²) < 4.78 is 17.9. The highest BCUT2D eigenvalue weighted by Crippen LogP contribution is 2.51. The topological polar surface area (TPSA) is 65.0 Å². The number of aliphatic hydroxyl groups excluding tert-OH is 1. The van der Waals surface area contributed by atoms with E-state index in [1.807, 2.05) is 20.8 Å². The zero-order valence-corrected chi connectivity index (χ0v) is 14.5. The Hall–Kier alpha value is -0.650. The number of rotatable bonds is 6. The van der Waals surface area contributed by atoms with Gasteiger partial charge in [0.25, 0.3) is 0 Å². The highest BCUT2D eigenvalue weighted by molar-refractivity contribution is 5.79. The van der Waals surface area contributed by atoms with Crippen LogP contribution in [0.25, 0.3) is 0 Å². The van der Waals surface area contributed by atoms with Crippen LogP contribution < -0.4 is 0 Å². The van der Waals surface area contributed by atoms with Crippen LogP contribution in [0.5, 0.6) is 0 Å². The van der Waals surface area contributed by atoms with Crippen LogP contribution in [0.1, 0.15) is 72.1 Å². The molecule has 0 amide bonds. The second-order valence-electron chi connectivity index (χ2n) is 7.94. The van der Waals surface area contributed by atoms with Crippen LogP contribution in [0.4, 0.5) is 0 Å². The molecule has 132 valence electrons. The predicted octanol–water partition coefficient (Wildman–Crippen LogP) is 2.93. The first-order valence-electron chi connectivity index (χ1n) is 9.11. The molecule has 0 saturated carbocycles. The highest BCUT2D eigenvalue weighted by Gasteiger charge is 2.63. The van der Waals surface area contributed by atoms with Gasteiger partial charge in [-0.05, 0) is 39.5 Å². The fourth-order valence-electron chi connectivity index (χ4n) is 4.09. The van der Waals surface area contributed by atoms with Crippen molar-refractivity contribution in [1.29, 1.82) is 0 Å². The van der Waals surface area contributed by atoms with E-state index in [2.05, 4.69) is 0 Å². The minimum atomic E-state index is -0.577. The van der Waals surface area contributed by atoms with Crippen molar-refractivity contribution in [2.75, 3.05) is 0 Å². The van der Waals surface area contributed by atoms with E-state index in [0.717, 1.165) is 44.9 Å². The van der Waals surface area contributed by atoms with Gasteiger partial charge < -0.3 is 19.3 Å². The summed E-state index contributed by atoms with van der Waals surface area (Å²) in [5.41, 5.74) is -0.577. The van der Waals surface area contributed by atoms with Gasteiger partial charge in [0.2, 0.25) is 0 Å². The molecule has 0 aromatic rings. The Morgan fingerprint density at radius 3 is 2.78 bits per heavy atom. The smallest absolute Gasteiger partial charge is 0.314 e. The molecular formula is C18H30O5. The molecule has 0 aromatic carbocycles. The van der Waals surface area contributed by atoms with E-state index in [9.17, 15) is 9.90 Å². The molecule has 3 heterocycles. The molecule has 0 aromatic heterocycles. The van der Waals surface area contributed by atoms with E-state index >= 15 is 0 Å². The Morgan fingerprint density at radius 2 is 2.09 bits per heavy atom. The summed E-state index contributed by atoms with van der Waals surface area (Å²) in [6, 6.07) is 0. The minimum Gasteiger partial charge on any atom is -0.459 e. The largest absolute Gasteiger partial charge is 0.459 e. The van der Waals surface area contributed by atoms with E-state index in [0.29, 0.717) is 6.42 Å². The third-order valence-corrected chi connectivity index (χ3v) is 5.70. The monoisotopic (exact) mass is 326 g/mol. The van der Waals surface area contributed by atoms with Crippen molar-refractivity contribution in [3.8, 4) is 0 Å². The number of ether oxygens (including phenoxy) is 3. The van der Waals surface area contributed by atoms with Crippen molar-refractivity contribution in [1.82, 2.24) is 0 Å². The Labute approximate surface area is 138 Å². The SMILES string of the molecule is CC[C@@H](O)CCCC[C@@H]1CC[C@@]2(C[C@@H]3OC(=O)C(C)(C)[C@@H]3O2)O1. The van der Waals surface area contributed by atoms with Crippen molar-refractivity contribution in [2.24, 2.45) is 5.41 Å². The lowest BCUT2D eigenvalue weighted by Crippen LogP contribution is -2.37. The summed E-state index contributed by atoms with van der Waals surface area (Å²) in [4.78, 5) is 11.9. The molecule has 23 heavy (non-hydrogen) atoms. The maximum absolute atomic E-state index is 11.9. The number of carbonyl (C=O) groups excluding carboxylic acids is 1. The number of aliphatic hydroxyl groups is 1. The molecule has 1 N–H and O–H groups in total. The number of esters is 1. The Morgan fingerprint density at radius 1 is 1.30 bits per heavy atom. The second kappa shape index (κ2) is 6.34. The molecule has 5 heteroatoms. The molecule has 3 saturated heterocycles. The van der Waals surface area contributed by atoms with Crippen LogP contribution in [0.2, 0.25) is 0 Å². The molecule has 3 aliphatic rings. The molecule has 3 fully saturated rings. The van der Waals surface area contributed by atoms with Gasteiger partial charge in [0, 0.05) is 12.8 Å². The molecule has 5 nitrogen and oxygen atoms in total. The zero-order chi connectivity index (χ0) is 16.7. The number of fused-ring (bicyclic) bond motifs is 1. The lowest BCUT2D eigenvalue weighted by molar-refractivity contribution is -0.228. The molecule has 0 bridgehead atoms. The fraction of sp³-hybridized carbons (Fsp3) is 0.944. The normalized spacial score (nSPS) is 39.7. The van der Waals surface area contributed by atoms with Crippen LogP contribution in [-0.2, 0) is 19.0 Å². The quantitative estimate of drug-likeness (QED) is 0.600.